The molecule has 0 spiro atoms. The number of benzene rings is 3. The number of primary amides is 1. The van der Waals surface area contributed by atoms with E-state index >= 15 is 0 Å². The maximum Gasteiger partial charge on any atom is 0.419 e. The van der Waals surface area contributed by atoms with Crippen molar-refractivity contribution in [1.82, 2.24) is 0 Å². The number of alkyl halides is 3. The summed E-state index contributed by atoms with van der Waals surface area (Å²) in [6.07, 6.45) is -4.55. The van der Waals surface area contributed by atoms with Gasteiger partial charge in [0.05, 0.1) is 5.56 Å². The summed E-state index contributed by atoms with van der Waals surface area (Å²) >= 11 is 0. The quantitative estimate of drug-likeness (QED) is 0.753. The van der Waals surface area contributed by atoms with E-state index in [9.17, 15) is 18.0 Å². The molecule has 0 radical (unpaired) electrons. The van der Waals surface area contributed by atoms with E-state index < -0.39 is 17.6 Å². The maximum atomic E-state index is 13.1. The minimum Gasteiger partial charge on any atom is -0.456 e. The number of carbonyl (C=O) groups excluding carboxylic acids is 1. The number of ether oxygens (including phenoxy) is 1. The molecule has 0 unspecified atom stereocenters. The van der Waals surface area contributed by atoms with Crippen molar-refractivity contribution >= 4 is 16.7 Å². The van der Waals surface area contributed by atoms with Gasteiger partial charge in [-0.3, -0.25) is 4.79 Å². The zero-order chi connectivity index (χ0) is 17.3. The molecule has 6 heteroatoms. The topological polar surface area (TPSA) is 52.3 Å². The second-order valence-corrected chi connectivity index (χ2v) is 5.16. The monoisotopic (exact) mass is 331 g/mol. The number of nitrogens with two attached hydrogens (primary N) is 1. The van der Waals surface area contributed by atoms with E-state index in [1.807, 2.05) is 0 Å². The first kappa shape index (κ1) is 15.9. The lowest BCUT2D eigenvalue weighted by molar-refractivity contribution is -0.138. The van der Waals surface area contributed by atoms with E-state index in [0.29, 0.717) is 10.8 Å². The number of carbonyl (C=O) groups is 1. The average molecular weight is 331 g/mol. The van der Waals surface area contributed by atoms with Gasteiger partial charge in [0.2, 0.25) is 5.91 Å². The standard InChI is InChI=1S/C18H12F3NO2/c19-18(20,21)14-7-3-4-8-15(14)24-16-10-12(17(22)23)9-11-5-1-2-6-13(11)16/h1-10H,(H2,22,23). The fourth-order valence-corrected chi connectivity index (χ4v) is 2.41. The van der Waals surface area contributed by atoms with Crippen LogP contribution in [0.5, 0.6) is 11.5 Å². The molecule has 0 bridgehead atoms. The van der Waals surface area contributed by atoms with Crippen LogP contribution >= 0.6 is 0 Å². The second kappa shape index (κ2) is 5.88. The van der Waals surface area contributed by atoms with Crippen LogP contribution < -0.4 is 10.5 Å². The Kier molecular flexibility index (Phi) is 3.89. The van der Waals surface area contributed by atoms with E-state index in [0.717, 1.165) is 6.07 Å². The van der Waals surface area contributed by atoms with Crippen molar-refractivity contribution in [3.63, 3.8) is 0 Å². The fourth-order valence-electron chi connectivity index (χ4n) is 2.41. The minimum atomic E-state index is -4.55. The number of hydrogen-bond acceptors (Lipinski definition) is 2. The predicted octanol–water partition coefficient (Wildman–Crippen LogP) is 4.75. The van der Waals surface area contributed by atoms with Gasteiger partial charge in [0.15, 0.2) is 0 Å². The van der Waals surface area contributed by atoms with Gasteiger partial charge in [-0.25, -0.2) is 0 Å². The largest absolute Gasteiger partial charge is 0.456 e. The number of amides is 1. The molecule has 1 amide bonds. The zero-order valence-electron chi connectivity index (χ0n) is 12.3. The smallest absolute Gasteiger partial charge is 0.419 e. The van der Waals surface area contributed by atoms with Crippen LogP contribution in [0.25, 0.3) is 10.8 Å². The number of halogens is 3. The number of rotatable bonds is 3. The molecular formula is C18H12F3NO2. The Balaban J connectivity index is 2.16. The Morgan fingerprint density at radius 2 is 1.58 bits per heavy atom. The molecule has 0 fully saturated rings. The molecule has 3 aromatic carbocycles. The summed E-state index contributed by atoms with van der Waals surface area (Å²) in [6.45, 7) is 0. The molecule has 0 aliphatic heterocycles. The molecular weight excluding hydrogens is 319 g/mol. The summed E-state index contributed by atoms with van der Waals surface area (Å²) in [5.74, 6) is -0.884. The third-order valence-corrected chi connectivity index (χ3v) is 3.52. The zero-order valence-corrected chi connectivity index (χ0v) is 12.3. The van der Waals surface area contributed by atoms with Crippen LogP contribution in [-0.2, 0) is 6.18 Å². The highest BCUT2D eigenvalue weighted by Gasteiger charge is 2.34. The molecule has 0 aromatic heterocycles. The van der Waals surface area contributed by atoms with Crippen LogP contribution in [0, 0.1) is 0 Å². The van der Waals surface area contributed by atoms with Crippen molar-refractivity contribution in [3.05, 3.63) is 71.8 Å². The number of hydrogen-bond donors (Lipinski definition) is 1. The van der Waals surface area contributed by atoms with Crippen LogP contribution in [0.2, 0.25) is 0 Å². The Hall–Kier alpha value is -3.02. The van der Waals surface area contributed by atoms with Gasteiger partial charge in [-0.15, -0.1) is 0 Å². The minimum absolute atomic E-state index is 0.138. The number of para-hydroxylation sites is 1. The van der Waals surface area contributed by atoms with Crippen LogP contribution in [0.3, 0.4) is 0 Å². The first-order valence-electron chi connectivity index (χ1n) is 7.03. The lowest BCUT2D eigenvalue weighted by Gasteiger charge is -2.15. The SMILES string of the molecule is NC(=O)c1cc(Oc2ccccc2C(F)(F)F)c2ccccc2c1. The van der Waals surface area contributed by atoms with Crippen molar-refractivity contribution in [1.29, 1.82) is 0 Å². The summed E-state index contributed by atoms with van der Waals surface area (Å²) in [6, 6.07) is 14.7. The fraction of sp³-hybridized carbons (Fsp3) is 0.0556. The molecule has 2 N–H and O–H groups in total. The van der Waals surface area contributed by atoms with Gasteiger partial charge in [-0.05, 0) is 29.7 Å². The molecule has 0 aliphatic rings. The second-order valence-electron chi connectivity index (χ2n) is 5.16. The molecule has 0 atom stereocenters. The molecule has 24 heavy (non-hydrogen) atoms. The summed E-state index contributed by atoms with van der Waals surface area (Å²) in [5, 5.41) is 1.23. The van der Waals surface area contributed by atoms with Crippen molar-refractivity contribution in [2.24, 2.45) is 5.73 Å². The summed E-state index contributed by atoms with van der Waals surface area (Å²) in [7, 11) is 0. The lowest BCUT2D eigenvalue weighted by atomic mass is 10.1. The van der Waals surface area contributed by atoms with Crippen LogP contribution in [0.15, 0.2) is 60.7 Å². The van der Waals surface area contributed by atoms with Crippen LogP contribution in [0.4, 0.5) is 13.2 Å². The van der Waals surface area contributed by atoms with E-state index in [1.165, 1.54) is 24.3 Å². The Bertz CT molecular complexity index is 920. The van der Waals surface area contributed by atoms with Gasteiger partial charge >= 0.3 is 6.18 Å². The summed E-state index contributed by atoms with van der Waals surface area (Å²) in [4.78, 5) is 11.5. The average Bonchev–Trinajstić information content (AvgIpc) is 2.54. The highest BCUT2D eigenvalue weighted by Crippen LogP contribution is 2.39. The van der Waals surface area contributed by atoms with Crippen molar-refractivity contribution in [2.45, 2.75) is 6.18 Å². The van der Waals surface area contributed by atoms with E-state index in [-0.39, 0.29) is 17.1 Å². The summed E-state index contributed by atoms with van der Waals surface area (Å²) in [5.41, 5.74) is 4.56. The van der Waals surface area contributed by atoms with Gasteiger partial charge < -0.3 is 10.5 Å². The van der Waals surface area contributed by atoms with Gasteiger partial charge in [0.25, 0.3) is 0 Å². The highest BCUT2D eigenvalue weighted by molar-refractivity contribution is 6.00. The third-order valence-electron chi connectivity index (χ3n) is 3.52. The van der Waals surface area contributed by atoms with Crippen molar-refractivity contribution in [3.8, 4) is 11.5 Å². The Morgan fingerprint density at radius 3 is 2.29 bits per heavy atom. The molecule has 122 valence electrons. The van der Waals surface area contributed by atoms with E-state index in [2.05, 4.69) is 0 Å². The van der Waals surface area contributed by atoms with Gasteiger partial charge in [0.1, 0.15) is 11.5 Å². The van der Waals surface area contributed by atoms with Gasteiger partial charge in [-0.2, -0.15) is 13.2 Å². The Morgan fingerprint density at radius 1 is 0.917 bits per heavy atom. The third kappa shape index (κ3) is 3.03. The Labute approximate surface area is 135 Å². The van der Waals surface area contributed by atoms with Crippen molar-refractivity contribution in [2.75, 3.05) is 0 Å². The molecule has 3 rings (SSSR count). The van der Waals surface area contributed by atoms with Crippen LogP contribution in [0.1, 0.15) is 15.9 Å². The molecule has 0 heterocycles. The van der Waals surface area contributed by atoms with E-state index in [1.54, 1.807) is 30.3 Å². The lowest BCUT2D eigenvalue weighted by Crippen LogP contribution is -2.11. The maximum absolute atomic E-state index is 13.1. The van der Waals surface area contributed by atoms with Gasteiger partial charge in [-0.1, -0.05) is 36.4 Å². The predicted molar refractivity (Wildman–Crippen MR) is 84.0 cm³/mol. The molecule has 3 nitrogen and oxygen atoms in total. The first-order valence-corrected chi connectivity index (χ1v) is 7.03. The molecule has 3 aromatic rings. The van der Waals surface area contributed by atoms with Crippen LogP contribution in [-0.4, -0.2) is 5.91 Å². The first-order chi connectivity index (χ1) is 11.4. The highest BCUT2D eigenvalue weighted by atomic mass is 19.4. The van der Waals surface area contributed by atoms with Gasteiger partial charge in [0, 0.05) is 10.9 Å². The normalized spacial score (nSPS) is 11.5. The molecule has 0 saturated heterocycles. The van der Waals surface area contributed by atoms with Crippen molar-refractivity contribution < 1.29 is 22.7 Å². The molecule has 0 aliphatic carbocycles. The summed E-state index contributed by atoms with van der Waals surface area (Å²) < 4.78 is 44.9. The molecule has 0 saturated carbocycles. The van der Waals surface area contributed by atoms with E-state index in [4.69, 9.17) is 10.5 Å². The number of fused-ring (bicyclic) bond motifs is 1.